The van der Waals surface area contributed by atoms with Gasteiger partial charge in [-0.05, 0) is 24.1 Å². The summed E-state index contributed by atoms with van der Waals surface area (Å²) in [4.78, 5) is 24.7. The van der Waals surface area contributed by atoms with Crippen LogP contribution in [-0.2, 0) is 17.8 Å². The van der Waals surface area contributed by atoms with E-state index >= 15 is 0 Å². The molecule has 1 aliphatic rings. The molecule has 0 atom stereocenters. The number of hydrogen-bond acceptors (Lipinski definition) is 5. The highest BCUT2D eigenvalue weighted by molar-refractivity contribution is 7.17. The minimum Gasteiger partial charge on any atom is -0.506 e. The number of para-hydroxylation sites is 2. The fraction of sp³-hybridized carbons (Fsp3) is 0.200. The van der Waals surface area contributed by atoms with Gasteiger partial charge in [0, 0.05) is 4.88 Å². The van der Waals surface area contributed by atoms with E-state index < -0.39 is 11.9 Å². The lowest BCUT2D eigenvalue weighted by Gasteiger charge is -2.12. The van der Waals surface area contributed by atoms with Gasteiger partial charge in [0.1, 0.15) is 10.8 Å². The summed E-state index contributed by atoms with van der Waals surface area (Å²) < 4.78 is 5.36. The van der Waals surface area contributed by atoms with Crippen molar-refractivity contribution >= 4 is 34.0 Å². The number of fused-ring (bicyclic) bond motifs is 1. The topological polar surface area (TPSA) is 114 Å². The number of nitrogens with one attached hydrogen (secondary N) is 2. The molecule has 5 N–H and O–H groups in total. The summed E-state index contributed by atoms with van der Waals surface area (Å²) in [6.45, 7) is 0.927. The largest absolute Gasteiger partial charge is 0.506 e. The molecule has 0 bridgehead atoms. The van der Waals surface area contributed by atoms with E-state index in [0.717, 1.165) is 10.4 Å². The number of benzene rings is 1. The van der Waals surface area contributed by atoms with Gasteiger partial charge in [0.2, 0.25) is 0 Å². The van der Waals surface area contributed by atoms with Gasteiger partial charge in [0.05, 0.1) is 24.5 Å². The minimum atomic E-state index is -0.581. The molecule has 23 heavy (non-hydrogen) atoms. The van der Waals surface area contributed by atoms with Crippen molar-refractivity contribution in [3.63, 3.8) is 0 Å². The highest BCUT2D eigenvalue weighted by Gasteiger charge is 2.25. The Morgan fingerprint density at radius 1 is 1.26 bits per heavy atom. The van der Waals surface area contributed by atoms with Crippen LogP contribution in [0.2, 0.25) is 0 Å². The van der Waals surface area contributed by atoms with Crippen molar-refractivity contribution in [2.75, 3.05) is 17.2 Å². The summed E-state index contributed by atoms with van der Waals surface area (Å²) >= 11 is 1.27. The molecule has 0 spiro atoms. The highest BCUT2D eigenvalue weighted by Crippen LogP contribution is 2.36. The lowest BCUT2D eigenvalue weighted by molar-refractivity contribution is 0.0991. The second kappa shape index (κ2) is 6.27. The molecular formula is C15H15N3O4S. The summed E-state index contributed by atoms with van der Waals surface area (Å²) in [6.07, 6.45) is 0.590. The van der Waals surface area contributed by atoms with Crippen LogP contribution < -0.4 is 16.4 Å². The van der Waals surface area contributed by atoms with E-state index in [4.69, 9.17) is 10.5 Å². The molecule has 0 saturated heterocycles. The molecular weight excluding hydrogens is 318 g/mol. The molecule has 8 heteroatoms. The van der Waals surface area contributed by atoms with E-state index in [1.54, 1.807) is 18.2 Å². The maximum atomic E-state index is 12.1. The number of hydrogen-bond donors (Lipinski definition) is 4. The molecule has 0 radical (unpaired) electrons. The number of urea groups is 1. The van der Waals surface area contributed by atoms with Gasteiger partial charge in [0.25, 0.3) is 5.91 Å². The number of aromatic hydroxyl groups is 1. The Balaban J connectivity index is 1.82. The number of amides is 3. The summed E-state index contributed by atoms with van der Waals surface area (Å²) in [5.74, 6) is -0.626. The van der Waals surface area contributed by atoms with E-state index in [-0.39, 0.29) is 11.4 Å². The van der Waals surface area contributed by atoms with Crippen molar-refractivity contribution in [2.45, 2.75) is 13.0 Å². The maximum absolute atomic E-state index is 12.1. The number of phenolic OH excluding ortho intramolecular Hbond substituents is 1. The molecule has 0 saturated carbocycles. The standard InChI is InChI=1S/C15H15N3O4S/c16-13(20)12-8-5-6-22-7-11(8)23-14(12)18-15(21)17-9-3-1-2-4-10(9)19/h1-4,19H,5-7H2,(H2,16,20)(H2,17,18,21). The molecule has 1 aromatic carbocycles. The van der Waals surface area contributed by atoms with E-state index in [0.29, 0.717) is 30.2 Å². The summed E-state index contributed by atoms with van der Waals surface area (Å²) in [7, 11) is 0. The summed E-state index contributed by atoms with van der Waals surface area (Å²) in [5.41, 5.74) is 6.90. The van der Waals surface area contributed by atoms with Crippen LogP contribution in [0.25, 0.3) is 0 Å². The van der Waals surface area contributed by atoms with Gasteiger partial charge in [-0.15, -0.1) is 11.3 Å². The average Bonchev–Trinajstić information content (AvgIpc) is 2.87. The number of ether oxygens (including phenoxy) is 1. The van der Waals surface area contributed by atoms with Gasteiger partial charge in [-0.1, -0.05) is 12.1 Å². The van der Waals surface area contributed by atoms with Gasteiger partial charge in [-0.25, -0.2) is 4.79 Å². The SMILES string of the molecule is NC(=O)c1c(NC(=O)Nc2ccccc2O)sc2c1CCOC2. The first-order valence-corrected chi connectivity index (χ1v) is 7.76. The molecule has 1 aliphatic heterocycles. The second-order valence-corrected chi connectivity index (χ2v) is 6.08. The Kier molecular flexibility index (Phi) is 4.18. The zero-order valence-electron chi connectivity index (χ0n) is 12.1. The van der Waals surface area contributed by atoms with Crippen molar-refractivity contribution in [3.8, 4) is 5.75 Å². The smallest absolute Gasteiger partial charge is 0.324 e. The van der Waals surface area contributed by atoms with Crippen LogP contribution in [0.5, 0.6) is 5.75 Å². The first-order chi connectivity index (χ1) is 11.1. The molecule has 0 unspecified atom stereocenters. The van der Waals surface area contributed by atoms with Gasteiger partial charge in [-0.2, -0.15) is 0 Å². The number of anilines is 2. The molecule has 3 rings (SSSR count). The predicted octanol–water partition coefficient (Wildman–Crippen LogP) is 2.27. The third-order valence-electron chi connectivity index (χ3n) is 3.45. The molecule has 0 aliphatic carbocycles. The van der Waals surface area contributed by atoms with Gasteiger partial charge >= 0.3 is 6.03 Å². The first-order valence-electron chi connectivity index (χ1n) is 6.94. The van der Waals surface area contributed by atoms with Crippen molar-refractivity contribution in [3.05, 3.63) is 40.3 Å². The van der Waals surface area contributed by atoms with Gasteiger partial charge in [-0.3, -0.25) is 10.1 Å². The van der Waals surface area contributed by atoms with E-state index in [9.17, 15) is 14.7 Å². The van der Waals surface area contributed by atoms with Crippen LogP contribution in [-0.4, -0.2) is 23.7 Å². The van der Waals surface area contributed by atoms with Crippen LogP contribution >= 0.6 is 11.3 Å². The Bertz CT molecular complexity index is 772. The number of primary amides is 1. The molecule has 3 amide bonds. The van der Waals surface area contributed by atoms with Crippen LogP contribution in [0, 0.1) is 0 Å². The number of nitrogens with two attached hydrogens (primary N) is 1. The van der Waals surface area contributed by atoms with Crippen LogP contribution in [0.1, 0.15) is 20.8 Å². The number of carbonyl (C=O) groups excluding carboxylic acids is 2. The van der Waals surface area contributed by atoms with Crippen molar-refractivity contribution in [1.29, 1.82) is 0 Å². The third-order valence-corrected chi connectivity index (χ3v) is 4.57. The summed E-state index contributed by atoms with van der Waals surface area (Å²) in [6, 6.07) is 5.80. The molecule has 7 nitrogen and oxygen atoms in total. The lowest BCUT2D eigenvalue weighted by Crippen LogP contribution is -2.22. The number of rotatable bonds is 3. The molecule has 2 aromatic rings. The van der Waals surface area contributed by atoms with Crippen LogP contribution in [0.4, 0.5) is 15.5 Å². The fourth-order valence-electron chi connectivity index (χ4n) is 2.42. The Morgan fingerprint density at radius 2 is 2.04 bits per heavy atom. The number of thiophene rings is 1. The molecule has 120 valence electrons. The second-order valence-electron chi connectivity index (χ2n) is 4.97. The molecule has 0 fully saturated rings. The Morgan fingerprint density at radius 3 is 2.78 bits per heavy atom. The van der Waals surface area contributed by atoms with E-state index in [2.05, 4.69) is 10.6 Å². The van der Waals surface area contributed by atoms with Gasteiger partial charge < -0.3 is 20.9 Å². The van der Waals surface area contributed by atoms with Crippen LogP contribution in [0.15, 0.2) is 24.3 Å². The molecule has 2 heterocycles. The van der Waals surface area contributed by atoms with Crippen molar-refractivity contribution < 1.29 is 19.4 Å². The number of phenols is 1. The van der Waals surface area contributed by atoms with Gasteiger partial charge in [0.15, 0.2) is 0 Å². The van der Waals surface area contributed by atoms with E-state index in [1.807, 2.05) is 0 Å². The zero-order chi connectivity index (χ0) is 16.4. The van der Waals surface area contributed by atoms with Crippen molar-refractivity contribution in [1.82, 2.24) is 0 Å². The normalized spacial score (nSPS) is 13.2. The quantitative estimate of drug-likeness (QED) is 0.645. The average molecular weight is 333 g/mol. The third kappa shape index (κ3) is 3.13. The number of carbonyl (C=O) groups is 2. The van der Waals surface area contributed by atoms with E-state index in [1.165, 1.54) is 17.4 Å². The first kappa shape index (κ1) is 15.3. The zero-order valence-corrected chi connectivity index (χ0v) is 12.9. The lowest BCUT2D eigenvalue weighted by atomic mass is 10.1. The maximum Gasteiger partial charge on any atom is 0.324 e. The monoisotopic (exact) mass is 333 g/mol. The predicted molar refractivity (Wildman–Crippen MR) is 86.9 cm³/mol. The molecule has 1 aromatic heterocycles. The van der Waals surface area contributed by atoms with Crippen LogP contribution in [0.3, 0.4) is 0 Å². The Hall–Kier alpha value is -2.58. The highest BCUT2D eigenvalue weighted by atomic mass is 32.1. The fourth-order valence-corrected chi connectivity index (χ4v) is 3.60. The summed E-state index contributed by atoms with van der Waals surface area (Å²) in [5, 5.41) is 15.2. The van der Waals surface area contributed by atoms with Crippen molar-refractivity contribution in [2.24, 2.45) is 5.73 Å². The minimum absolute atomic E-state index is 0.0448. The Labute approximate surface area is 136 Å².